The summed E-state index contributed by atoms with van der Waals surface area (Å²) in [7, 11) is 0. The number of benzene rings is 1. The van der Waals surface area contributed by atoms with E-state index < -0.39 is 0 Å². The van der Waals surface area contributed by atoms with E-state index >= 15 is 0 Å². The molecule has 1 aliphatic rings. The molecular formula is C12H14ClN3. The summed E-state index contributed by atoms with van der Waals surface area (Å²) in [6.45, 7) is 1.15. The van der Waals surface area contributed by atoms with E-state index in [0.29, 0.717) is 11.2 Å². The van der Waals surface area contributed by atoms with Gasteiger partial charge >= 0.3 is 0 Å². The van der Waals surface area contributed by atoms with Gasteiger partial charge in [-0.2, -0.15) is 5.10 Å². The standard InChI is InChI=1S/C12H14ClN3/c13-12-10-7-8(3-4-11(10)15-16-12)6-9-2-1-5-14-9/h3-4,7,9,14H,1-2,5-6H2,(H,15,16). The number of halogens is 1. The third kappa shape index (κ3) is 1.81. The molecular weight excluding hydrogens is 222 g/mol. The van der Waals surface area contributed by atoms with Gasteiger partial charge in [-0.15, -0.1) is 0 Å². The minimum Gasteiger partial charge on any atom is -0.314 e. The third-order valence-corrected chi connectivity index (χ3v) is 3.50. The lowest BCUT2D eigenvalue weighted by molar-refractivity contribution is 0.603. The maximum atomic E-state index is 6.03. The number of fused-ring (bicyclic) bond motifs is 1. The molecule has 1 atom stereocenters. The monoisotopic (exact) mass is 235 g/mol. The Kier molecular flexibility index (Phi) is 2.58. The number of hydrogen-bond donors (Lipinski definition) is 2. The Hall–Kier alpha value is -1.06. The SMILES string of the molecule is Clc1[nH]nc2ccc(CC3CCCN3)cc12. The van der Waals surface area contributed by atoms with Gasteiger partial charge in [0.2, 0.25) is 0 Å². The maximum absolute atomic E-state index is 6.03. The second-order valence-electron chi connectivity index (χ2n) is 4.39. The van der Waals surface area contributed by atoms with E-state index in [9.17, 15) is 0 Å². The van der Waals surface area contributed by atoms with Crippen LogP contribution >= 0.6 is 11.6 Å². The minimum atomic E-state index is 0.628. The molecule has 4 heteroatoms. The number of H-pyrrole nitrogens is 1. The summed E-state index contributed by atoms with van der Waals surface area (Å²) in [5.41, 5.74) is 2.27. The molecule has 2 N–H and O–H groups in total. The summed E-state index contributed by atoms with van der Waals surface area (Å²) in [5, 5.41) is 12.1. The van der Waals surface area contributed by atoms with Gasteiger partial charge in [-0.3, -0.25) is 5.10 Å². The summed E-state index contributed by atoms with van der Waals surface area (Å²) in [6, 6.07) is 6.94. The van der Waals surface area contributed by atoms with E-state index in [0.717, 1.165) is 23.9 Å². The molecule has 0 spiro atoms. The predicted octanol–water partition coefficient (Wildman–Crippen LogP) is 2.51. The average Bonchev–Trinajstić information content (AvgIpc) is 2.90. The molecule has 84 valence electrons. The van der Waals surface area contributed by atoms with Crippen LogP contribution in [0.4, 0.5) is 0 Å². The molecule has 1 saturated heterocycles. The van der Waals surface area contributed by atoms with Crippen LogP contribution in [0.2, 0.25) is 5.15 Å². The molecule has 1 unspecified atom stereocenters. The number of rotatable bonds is 2. The van der Waals surface area contributed by atoms with Crippen molar-refractivity contribution in [2.75, 3.05) is 6.54 Å². The van der Waals surface area contributed by atoms with Crippen LogP contribution in [0.25, 0.3) is 10.9 Å². The van der Waals surface area contributed by atoms with E-state index in [-0.39, 0.29) is 0 Å². The topological polar surface area (TPSA) is 40.7 Å². The zero-order valence-electron chi connectivity index (χ0n) is 8.96. The van der Waals surface area contributed by atoms with Crippen LogP contribution in [0.15, 0.2) is 18.2 Å². The Morgan fingerprint density at radius 2 is 2.38 bits per heavy atom. The van der Waals surface area contributed by atoms with Gasteiger partial charge in [0.05, 0.1) is 5.52 Å². The molecule has 3 nitrogen and oxygen atoms in total. The third-order valence-electron chi connectivity index (χ3n) is 3.22. The normalized spacial score (nSPS) is 20.7. The van der Waals surface area contributed by atoms with Gasteiger partial charge in [-0.05, 0) is 43.5 Å². The quantitative estimate of drug-likeness (QED) is 0.840. The minimum absolute atomic E-state index is 0.628. The van der Waals surface area contributed by atoms with E-state index in [1.807, 2.05) is 6.07 Å². The van der Waals surface area contributed by atoms with Crippen molar-refractivity contribution in [3.8, 4) is 0 Å². The molecule has 2 aromatic rings. The predicted molar refractivity (Wildman–Crippen MR) is 65.8 cm³/mol. The van der Waals surface area contributed by atoms with Crippen molar-refractivity contribution in [2.45, 2.75) is 25.3 Å². The van der Waals surface area contributed by atoms with Crippen molar-refractivity contribution < 1.29 is 0 Å². The molecule has 1 fully saturated rings. The number of aromatic amines is 1. The Labute approximate surface area is 99.2 Å². The number of aromatic nitrogens is 2. The summed E-state index contributed by atoms with van der Waals surface area (Å²) >= 11 is 6.03. The first-order chi connectivity index (χ1) is 7.83. The first-order valence-electron chi connectivity index (χ1n) is 5.69. The van der Waals surface area contributed by atoms with Gasteiger partial charge in [0, 0.05) is 11.4 Å². The van der Waals surface area contributed by atoms with Crippen LogP contribution < -0.4 is 5.32 Å². The van der Waals surface area contributed by atoms with Gasteiger partial charge < -0.3 is 5.32 Å². The molecule has 0 saturated carbocycles. The summed E-state index contributed by atoms with van der Waals surface area (Å²) in [4.78, 5) is 0. The fourth-order valence-electron chi connectivity index (χ4n) is 2.37. The van der Waals surface area contributed by atoms with Crippen molar-refractivity contribution in [1.29, 1.82) is 0 Å². The molecule has 16 heavy (non-hydrogen) atoms. The second kappa shape index (κ2) is 4.07. The van der Waals surface area contributed by atoms with E-state index in [2.05, 4.69) is 27.6 Å². The first kappa shape index (κ1) is 10.1. The Balaban J connectivity index is 1.88. The van der Waals surface area contributed by atoms with Crippen molar-refractivity contribution in [3.05, 3.63) is 28.9 Å². The van der Waals surface area contributed by atoms with Crippen LogP contribution in [0.1, 0.15) is 18.4 Å². The zero-order chi connectivity index (χ0) is 11.0. The summed E-state index contributed by atoms with van der Waals surface area (Å²) in [6.07, 6.45) is 3.65. The molecule has 2 heterocycles. The lowest BCUT2D eigenvalue weighted by Gasteiger charge is -2.09. The molecule has 0 bridgehead atoms. The van der Waals surface area contributed by atoms with E-state index in [1.54, 1.807) is 0 Å². The van der Waals surface area contributed by atoms with Gasteiger partial charge in [0.25, 0.3) is 0 Å². The molecule has 0 radical (unpaired) electrons. The van der Waals surface area contributed by atoms with Gasteiger partial charge in [0.1, 0.15) is 5.15 Å². The van der Waals surface area contributed by atoms with Crippen molar-refractivity contribution in [3.63, 3.8) is 0 Å². The van der Waals surface area contributed by atoms with Gasteiger partial charge in [-0.1, -0.05) is 17.7 Å². The van der Waals surface area contributed by atoms with Crippen LogP contribution in [0.5, 0.6) is 0 Å². The number of hydrogen-bond acceptors (Lipinski definition) is 2. The largest absolute Gasteiger partial charge is 0.314 e. The average molecular weight is 236 g/mol. The fraction of sp³-hybridized carbons (Fsp3) is 0.417. The highest BCUT2D eigenvalue weighted by atomic mass is 35.5. The fourth-order valence-corrected chi connectivity index (χ4v) is 2.56. The Morgan fingerprint density at radius 1 is 1.44 bits per heavy atom. The summed E-state index contributed by atoms with van der Waals surface area (Å²) < 4.78 is 0. The smallest absolute Gasteiger partial charge is 0.132 e. The zero-order valence-corrected chi connectivity index (χ0v) is 9.72. The lowest BCUT2D eigenvalue weighted by atomic mass is 10.0. The highest BCUT2D eigenvalue weighted by Gasteiger charge is 2.14. The van der Waals surface area contributed by atoms with Crippen molar-refractivity contribution >= 4 is 22.5 Å². The van der Waals surface area contributed by atoms with Crippen LogP contribution in [0, 0.1) is 0 Å². The lowest BCUT2D eigenvalue weighted by Crippen LogP contribution is -2.23. The molecule has 1 aliphatic heterocycles. The molecule has 1 aromatic carbocycles. The van der Waals surface area contributed by atoms with E-state index in [1.165, 1.54) is 18.4 Å². The maximum Gasteiger partial charge on any atom is 0.132 e. The van der Waals surface area contributed by atoms with Gasteiger partial charge in [-0.25, -0.2) is 0 Å². The van der Waals surface area contributed by atoms with Crippen LogP contribution in [-0.2, 0) is 6.42 Å². The molecule has 0 amide bonds. The Bertz CT molecular complexity index is 500. The molecule has 3 rings (SSSR count). The van der Waals surface area contributed by atoms with Crippen molar-refractivity contribution in [1.82, 2.24) is 15.5 Å². The number of nitrogens with zero attached hydrogens (tertiary/aromatic N) is 1. The molecule has 0 aliphatic carbocycles. The second-order valence-corrected chi connectivity index (χ2v) is 4.76. The van der Waals surface area contributed by atoms with Crippen molar-refractivity contribution in [2.24, 2.45) is 0 Å². The van der Waals surface area contributed by atoms with Crippen LogP contribution in [0.3, 0.4) is 0 Å². The van der Waals surface area contributed by atoms with Gasteiger partial charge in [0.15, 0.2) is 0 Å². The Morgan fingerprint density at radius 3 is 3.19 bits per heavy atom. The molecule has 1 aromatic heterocycles. The number of nitrogens with one attached hydrogen (secondary N) is 2. The highest BCUT2D eigenvalue weighted by Crippen LogP contribution is 2.22. The summed E-state index contributed by atoms with van der Waals surface area (Å²) in [5.74, 6) is 0. The highest BCUT2D eigenvalue weighted by molar-refractivity contribution is 6.34. The van der Waals surface area contributed by atoms with E-state index in [4.69, 9.17) is 11.6 Å². The first-order valence-corrected chi connectivity index (χ1v) is 6.06. The van der Waals surface area contributed by atoms with Crippen LogP contribution in [-0.4, -0.2) is 22.8 Å².